The molecule has 0 bridgehead atoms. The molecule has 1 unspecified atom stereocenters. The van der Waals surface area contributed by atoms with E-state index in [-0.39, 0.29) is 36.6 Å². The van der Waals surface area contributed by atoms with Gasteiger partial charge in [0.1, 0.15) is 0 Å². The van der Waals surface area contributed by atoms with Gasteiger partial charge in [0.2, 0.25) is 5.91 Å². The number of hydrogen-bond acceptors (Lipinski definition) is 5. The number of anilines is 2. The molecule has 9 heteroatoms. The van der Waals surface area contributed by atoms with Crippen LogP contribution in [-0.4, -0.2) is 58.9 Å². The average molecular weight is 495 g/mol. The highest BCUT2D eigenvalue weighted by atomic mass is 16.4. The van der Waals surface area contributed by atoms with Crippen molar-refractivity contribution in [3.63, 3.8) is 0 Å². The molecule has 0 spiro atoms. The largest absolute Gasteiger partial charge is 0.481 e. The Hall–Kier alpha value is -3.72. The highest BCUT2D eigenvalue weighted by molar-refractivity contribution is 6.04. The Kier molecular flexibility index (Phi) is 8.82. The van der Waals surface area contributed by atoms with Crippen LogP contribution in [0.15, 0.2) is 48.5 Å². The highest BCUT2D eigenvalue weighted by Gasteiger charge is 2.39. The summed E-state index contributed by atoms with van der Waals surface area (Å²) in [6, 6.07) is 13.9. The second kappa shape index (κ2) is 11.8. The number of nitrogens with one attached hydrogen (secondary N) is 3. The molecule has 3 amide bonds. The molecule has 4 N–H and O–H groups in total. The summed E-state index contributed by atoms with van der Waals surface area (Å²) in [5.41, 5.74) is 1.91. The number of amides is 3. The number of carboxylic acid groups (broad SMARTS) is 1. The van der Waals surface area contributed by atoms with Crippen LogP contribution >= 0.6 is 0 Å². The third-order valence-corrected chi connectivity index (χ3v) is 6.57. The molecule has 2 aromatic carbocycles. The minimum atomic E-state index is -0.958. The first kappa shape index (κ1) is 26.9. The predicted octanol–water partition coefficient (Wildman–Crippen LogP) is 3.90. The van der Waals surface area contributed by atoms with Gasteiger partial charge in [0, 0.05) is 30.0 Å². The quantitative estimate of drug-likeness (QED) is 0.392. The number of rotatable bonds is 9. The van der Waals surface area contributed by atoms with Crippen molar-refractivity contribution in [3.05, 3.63) is 59.7 Å². The second-order valence-electron chi connectivity index (χ2n) is 9.58. The topological polar surface area (TPSA) is 128 Å². The molecule has 1 heterocycles. The Morgan fingerprint density at radius 1 is 1.03 bits per heavy atom. The third-order valence-electron chi connectivity index (χ3n) is 6.57. The van der Waals surface area contributed by atoms with Gasteiger partial charge in [0.15, 0.2) is 5.78 Å². The number of hydrogen-bond donors (Lipinski definition) is 4. The van der Waals surface area contributed by atoms with Crippen LogP contribution in [0.3, 0.4) is 0 Å². The van der Waals surface area contributed by atoms with Crippen LogP contribution in [0.5, 0.6) is 0 Å². The zero-order valence-electron chi connectivity index (χ0n) is 21.0. The minimum Gasteiger partial charge on any atom is -0.481 e. The van der Waals surface area contributed by atoms with Crippen molar-refractivity contribution >= 4 is 35.1 Å². The molecule has 0 aliphatic carbocycles. The van der Waals surface area contributed by atoms with Crippen LogP contribution in [0.4, 0.5) is 16.2 Å². The van der Waals surface area contributed by atoms with Crippen LogP contribution in [0.2, 0.25) is 0 Å². The maximum absolute atomic E-state index is 13.4. The molecule has 0 radical (unpaired) electrons. The number of urea groups is 1. The van der Waals surface area contributed by atoms with Gasteiger partial charge in [0.05, 0.1) is 17.9 Å². The van der Waals surface area contributed by atoms with E-state index >= 15 is 0 Å². The number of carboxylic acids is 1. The number of nitrogens with zero attached hydrogens (tertiary/aromatic N) is 1. The lowest BCUT2D eigenvalue weighted by atomic mass is 9.87. The first-order valence-corrected chi connectivity index (χ1v) is 12.1. The Labute approximate surface area is 211 Å². The zero-order chi connectivity index (χ0) is 26.3. The zero-order valence-corrected chi connectivity index (χ0v) is 21.0. The molecule has 9 nitrogen and oxygen atoms in total. The second-order valence-corrected chi connectivity index (χ2v) is 9.58. The molecule has 1 saturated heterocycles. The van der Waals surface area contributed by atoms with Crippen LogP contribution in [0.25, 0.3) is 0 Å². The summed E-state index contributed by atoms with van der Waals surface area (Å²) < 4.78 is 0. The molecule has 1 aliphatic heterocycles. The van der Waals surface area contributed by atoms with Gasteiger partial charge < -0.3 is 21.1 Å². The van der Waals surface area contributed by atoms with Crippen molar-refractivity contribution in [2.45, 2.75) is 45.6 Å². The number of ketones is 1. The van der Waals surface area contributed by atoms with Crippen LogP contribution in [0.1, 0.15) is 49.0 Å². The lowest BCUT2D eigenvalue weighted by Crippen LogP contribution is -2.55. The number of carbonyl (C=O) groups excluding carboxylic acids is 3. The number of carbonyl (C=O) groups is 4. The fourth-order valence-electron chi connectivity index (χ4n) is 4.34. The standard InChI is InChI=1S/C27H34N4O5/c1-18-7-4-5-9-22(18)30-26(36)29-21-12-10-19(11-13-21)24(34)27(2,3)31-16-6-8-20(17-31)25(35)28-15-14-23(32)33/h4-5,7,9-13,20H,6,8,14-17H2,1-3H3,(H,28,35)(H,32,33)(H2,29,30,36). The summed E-state index contributed by atoms with van der Waals surface area (Å²) in [5.74, 6) is -1.51. The lowest BCUT2D eigenvalue weighted by Gasteiger charge is -2.42. The van der Waals surface area contributed by atoms with E-state index in [0.29, 0.717) is 30.8 Å². The van der Waals surface area contributed by atoms with E-state index in [1.165, 1.54) is 0 Å². The van der Waals surface area contributed by atoms with Gasteiger partial charge in [-0.2, -0.15) is 0 Å². The summed E-state index contributed by atoms with van der Waals surface area (Å²) in [5, 5.41) is 17.0. The van der Waals surface area contributed by atoms with Gasteiger partial charge in [-0.05, 0) is 76.1 Å². The molecule has 1 aliphatic rings. The van der Waals surface area contributed by atoms with Crippen molar-refractivity contribution in [2.24, 2.45) is 5.92 Å². The van der Waals surface area contributed by atoms with Crippen molar-refractivity contribution in [1.29, 1.82) is 0 Å². The fraction of sp³-hybridized carbons (Fsp3) is 0.407. The normalized spacial score (nSPS) is 16.1. The first-order valence-electron chi connectivity index (χ1n) is 12.1. The number of Topliss-reactive ketones (excluding diaryl/α,β-unsaturated/α-hetero) is 1. The monoisotopic (exact) mass is 494 g/mol. The van der Waals surface area contributed by atoms with E-state index in [0.717, 1.165) is 17.7 Å². The molecule has 3 rings (SSSR count). The molecule has 1 fully saturated rings. The average Bonchev–Trinajstić information content (AvgIpc) is 2.85. The van der Waals surface area contributed by atoms with Crippen molar-refractivity contribution in [2.75, 3.05) is 30.3 Å². The van der Waals surface area contributed by atoms with Gasteiger partial charge >= 0.3 is 12.0 Å². The summed E-state index contributed by atoms with van der Waals surface area (Å²) in [6.45, 7) is 6.82. The fourth-order valence-corrected chi connectivity index (χ4v) is 4.34. The van der Waals surface area contributed by atoms with E-state index in [1.54, 1.807) is 24.3 Å². The van der Waals surface area contributed by atoms with Crippen LogP contribution < -0.4 is 16.0 Å². The van der Waals surface area contributed by atoms with E-state index < -0.39 is 11.5 Å². The molecule has 0 aromatic heterocycles. The van der Waals surface area contributed by atoms with Crippen molar-refractivity contribution in [3.8, 4) is 0 Å². The maximum Gasteiger partial charge on any atom is 0.323 e. The summed E-state index contributed by atoms with van der Waals surface area (Å²) in [6.07, 6.45) is 1.35. The molecule has 192 valence electrons. The highest BCUT2D eigenvalue weighted by Crippen LogP contribution is 2.28. The lowest BCUT2D eigenvalue weighted by molar-refractivity contribution is -0.137. The van der Waals surface area contributed by atoms with E-state index in [4.69, 9.17) is 5.11 Å². The molecule has 0 saturated carbocycles. The van der Waals surface area contributed by atoms with Gasteiger partial charge in [-0.25, -0.2) is 4.79 Å². The van der Waals surface area contributed by atoms with Crippen LogP contribution in [-0.2, 0) is 9.59 Å². The number of aryl methyl sites for hydroxylation is 1. The summed E-state index contributed by atoms with van der Waals surface area (Å²) in [7, 11) is 0. The van der Waals surface area contributed by atoms with Gasteiger partial charge in [0.25, 0.3) is 0 Å². The number of likely N-dealkylation sites (tertiary alicyclic amines) is 1. The Balaban J connectivity index is 1.59. The number of para-hydroxylation sites is 1. The molecular weight excluding hydrogens is 460 g/mol. The minimum absolute atomic E-state index is 0.0784. The Morgan fingerprint density at radius 2 is 1.72 bits per heavy atom. The van der Waals surface area contributed by atoms with E-state index in [9.17, 15) is 19.2 Å². The van der Waals surface area contributed by atoms with Gasteiger partial charge in [-0.15, -0.1) is 0 Å². The molecule has 2 aromatic rings. The van der Waals surface area contributed by atoms with E-state index in [1.807, 2.05) is 49.9 Å². The Bertz CT molecular complexity index is 1110. The SMILES string of the molecule is Cc1ccccc1NC(=O)Nc1ccc(C(=O)C(C)(C)N2CCCC(C(=O)NCCC(=O)O)C2)cc1. The third kappa shape index (κ3) is 6.91. The number of piperidine rings is 1. The predicted molar refractivity (Wildman–Crippen MR) is 138 cm³/mol. The van der Waals surface area contributed by atoms with Crippen LogP contribution in [0, 0.1) is 12.8 Å². The first-order chi connectivity index (χ1) is 17.1. The van der Waals surface area contributed by atoms with Gasteiger partial charge in [-0.3, -0.25) is 19.3 Å². The van der Waals surface area contributed by atoms with Crippen molar-refractivity contribution < 1.29 is 24.3 Å². The molecular formula is C27H34N4O5. The maximum atomic E-state index is 13.4. The molecule has 36 heavy (non-hydrogen) atoms. The summed E-state index contributed by atoms with van der Waals surface area (Å²) >= 11 is 0. The smallest absolute Gasteiger partial charge is 0.323 e. The Morgan fingerprint density at radius 3 is 2.39 bits per heavy atom. The van der Waals surface area contributed by atoms with Gasteiger partial charge in [-0.1, -0.05) is 18.2 Å². The summed E-state index contributed by atoms with van der Waals surface area (Å²) in [4.78, 5) is 50.9. The van der Waals surface area contributed by atoms with Crippen molar-refractivity contribution in [1.82, 2.24) is 10.2 Å². The molecule has 1 atom stereocenters. The number of benzene rings is 2. The number of aliphatic carboxylic acids is 1. The van der Waals surface area contributed by atoms with E-state index in [2.05, 4.69) is 16.0 Å².